The van der Waals surface area contributed by atoms with Crippen LogP contribution in [0, 0.1) is 17.7 Å². The highest BCUT2D eigenvalue weighted by atomic mass is 35.5. The van der Waals surface area contributed by atoms with E-state index in [1.165, 1.54) is 14.0 Å². The van der Waals surface area contributed by atoms with Crippen LogP contribution in [-0.2, 0) is 14.3 Å². The monoisotopic (exact) mass is 536 g/mol. The number of halogens is 6. The summed E-state index contributed by atoms with van der Waals surface area (Å²) in [6.45, 7) is 5.30. The van der Waals surface area contributed by atoms with Gasteiger partial charge >= 0.3 is 6.36 Å². The molecule has 0 aromatic heterocycles. The van der Waals surface area contributed by atoms with E-state index >= 15 is 4.39 Å². The number of hydrogen-bond donors (Lipinski definition) is 1. The van der Waals surface area contributed by atoms with Gasteiger partial charge in [-0.15, -0.1) is 13.2 Å². The lowest BCUT2D eigenvalue weighted by molar-refractivity contribution is -0.274. The lowest BCUT2D eigenvalue weighted by atomic mass is 9.88. The summed E-state index contributed by atoms with van der Waals surface area (Å²) in [5, 5.41) is 2.76. The Morgan fingerprint density at radius 3 is 2.47 bits per heavy atom. The number of fused-ring (bicyclic) bond motifs is 1. The minimum atomic E-state index is -5.12. The summed E-state index contributed by atoms with van der Waals surface area (Å²) in [5.41, 5.74) is -5.82. The maximum atomic E-state index is 15.1. The summed E-state index contributed by atoms with van der Waals surface area (Å²) >= 11 is 5.42. The van der Waals surface area contributed by atoms with E-state index in [2.05, 4.69) is 26.8 Å². The average Bonchev–Trinajstić information content (AvgIpc) is 3.19. The van der Waals surface area contributed by atoms with Crippen molar-refractivity contribution in [1.82, 2.24) is 5.32 Å². The summed E-state index contributed by atoms with van der Waals surface area (Å²) in [7, 11) is 1.34. The van der Waals surface area contributed by atoms with Gasteiger partial charge in [0.05, 0.1) is 18.9 Å². The Kier molecular flexibility index (Phi) is 8.04. The first-order chi connectivity index (χ1) is 16.8. The van der Waals surface area contributed by atoms with Crippen LogP contribution in [0.4, 0.5) is 27.6 Å². The third kappa shape index (κ3) is 5.51. The molecule has 2 aliphatic rings. The topological polar surface area (TPSA) is 92.6 Å². The van der Waals surface area contributed by atoms with E-state index in [4.69, 9.17) is 16.3 Å². The van der Waals surface area contributed by atoms with Gasteiger partial charge in [0.25, 0.3) is 17.4 Å². The van der Waals surface area contributed by atoms with E-state index in [0.29, 0.717) is 30.2 Å². The highest BCUT2D eigenvalue weighted by molar-refractivity contribution is 6.32. The van der Waals surface area contributed by atoms with Crippen LogP contribution in [0.3, 0.4) is 0 Å². The maximum Gasteiger partial charge on any atom is 0.573 e. The van der Waals surface area contributed by atoms with Crippen molar-refractivity contribution in [3.63, 3.8) is 0 Å². The number of hydrogen-bond acceptors (Lipinski definition) is 6. The van der Waals surface area contributed by atoms with Crippen LogP contribution in [0.2, 0.25) is 0 Å². The number of nitrogens with zero attached hydrogens (tertiary/aromatic N) is 3. The standard InChI is InChI=1S/C22H22ClF5N4O4/c1-21(11(7-29-2)8-30-3,20(34)31-17-13-9-35-10-14(13)17)32(19(33)18(23)25)16-5-4-12(6-15(16)24)36-22(26,27)28/h4-8,13-14,17-18H,2,9-10H2,1,3H3,(H,31,34)/b11-7+,30-8?/t13?,14?,17?,18-,21-/m0/s1. The van der Waals surface area contributed by atoms with Crippen molar-refractivity contribution in [3.05, 3.63) is 35.8 Å². The minimum Gasteiger partial charge on any atom is -0.406 e. The quantitative estimate of drug-likeness (QED) is 0.297. The molecular formula is C22H22ClF5N4O4. The summed E-state index contributed by atoms with van der Waals surface area (Å²) in [6.07, 6.45) is -2.93. The molecule has 0 radical (unpaired) electrons. The second-order valence-electron chi connectivity index (χ2n) is 8.23. The van der Waals surface area contributed by atoms with Crippen molar-refractivity contribution >= 4 is 42.0 Å². The molecule has 36 heavy (non-hydrogen) atoms. The molecule has 1 N–H and O–H groups in total. The molecule has 0 bridgehead atoms. The Bertz CT molecular complexity index is 1090. The molecule has 2 unspecified atom stereocenters. The number of carbonyl (C=O) groups excluding carboxylic acids is 2. The molecule has 14 heteroatoms. The maximum absolute atomic E-state index is 15.1. The van der Waals surface area contributed by atoms with E-state index < -0.39 is 46.6 Å². The predicted molar refractivity (Wildman–Crippen MR) is 122 cm³/mol. The first kappa shape index (κ1) is 27.5. The number of carbonyl (C=O) groups is 2. The number of rotatable bonds is 9. The molecule has 4 atom stereocenters. The van der Waals surface area contributed by atoms with E-state index in [0.717, 1.165) is 18.5 Å². The zero-order chi connectivity index (χ0) is 26.8. The van der Waals surface area contributed by atoms with Crippen LogP contribution in [0.1, 0.15) is 6.92 Å². The number of alkyl halides is 5. The number of benzene rings is 1. The first-order valence-corrected chi connectivity index (χ1v) is 10.9. The van der Waals surface area contributed by atoms with E-state index in [1.807, 2.05) is 0 Å². The molecule has 8 nitrogen and oxygen atoms in total. The van der Waals surface area contributed by atoms with Gasteiger partial charge in [-0.3, -0.25) is 24.5 Å². The molecule has 1 aromatic rings. The Balaban J connectivity index is 2.14. The van der Waals surface area contributed by atoms with Gasteiger partial charge in [0.2, 0.25) is 0 Å². The average molecular weight is 537 g/mol. The number of anilines is 1. The molecule has 1 aromatic carbocycles. The van der Waals surface area contributed by atoms with Crippen LogP contribution in [0.15, 0.2) is 40.0 Å². The Morgan fingerprint density at radius 1 is 1.33 bits per heavy atom. The number of nitrogens with one attached hydrogen (secondary N) is 1. The summed E-state index contributed by atoms with van der Waals surface area (Å²) in [6, 6.07) is 1.47. The van der Waals surface area contributed by atoms with Crippen molar-refractivity contribution in [2.75, 3.05) is 25.2 Å². The molecule has 2 amide bonds. The minimum absolute atomic E-state index is 0.0321. The lowest BCUT2D eigenvalue weighted by Crippen LogP contribution is -2.62. The van der Waals surface area contributed by atoms with E-state index in [-0.39, 0.29) is 23.5 Å². The van der Waals surface area contributed by atoms with Gasteiger partial charge in [-0.2, -0.15) is 0 Å². The summed E-state index contributed by atoms with van der Waals surface area (Å²) < 4.78 is 76.1. The number of amides is 2. The third-order valence-electron chi connectivity index (χ3n) is 6.00. The fourth-order valence-electron chi connectivity index (χ4n) is 4.17. The lowest BCUT2D eigenvalue weighted by Gasteiger charge is -2.41. The van der Waals surface area contributed by atoms with Crippen LogP contribution < -0.4 is 15.0 Å². The number of aliphatic imine (C=N–C) groups is 2. The summed E-state index contributed by atoms with van der Waals surface area (Å²) in [4.78, 5) is 34.5. The second kappa shape index (κ2) is 10.5. The van der Waals surface area contributed by atoms with Crippen LogP contribution in [0.5, 0.6) is 5.75 Å². The zero-order valence-corrected chi connectivity index (χ0v) is 19.8. The van der Waals surface area contributed by atoms with Gasteiger partial charge in [-0.05, 0) is 25.8 Å². The van der Waals surface area contributed by atoms with Gasteiger partial charge < -0.3 is 14.8 Å². The van der Waals surface area contributed by atoms with Crippen LogP contribution >= 0.6 is 11.6 Å². The van der Waals surface area contributed by atoms with Crippen molar-refractivity contribution in [2.45, 2.75) is 30.5 Å². The molecule has 1 aliphatic carbocycles. The molecule has 196 valence electrons. The van der Waals surface area contributed by atoms with Crippen molar-refractivity contribution in [2.24, 2.45) is 21.8 Å². The highest BCUT2D eigenvalue weighted by Crippen LogP contribution is 2.45. The molecule has 1 saturated heterocycles. The SMILES string of the molecule is C=N/C=C(\C=NC)[C@@](C)(C(=O)NC1C2COCC21)N(C(=O)[C@H](F)Cl)c1ccc(OC(F)(F)F)cc1F. The van der Waals surface area contributed by atoms with Crippen LogP contribution in [-0.4, -0.2) is 68.6 Å². The van der Waals surface area contributed by atoms with E-state index in [9.17, 15) is 27.2 Å². The molecule has 1 saturated carbocycles. The molecule has 1 aliphatic heterocycles. The van der Waals surface area contributed by atoms with Gasteiger partial charge in [-0.1, -0.05) is 11.6 Å². The van der Waals surface area contributed by atoms with Gasteiger partial charge in [0.15, 0.2) is 11.4 Å². The predicted octanol–water partition coefficient (Wildman–Crippen LogP) is 3.40. The fourth-order valence-corrected chi connectivity index (χ4v) is 4.27. The zero-order valence-electron chi connectivity index (χ0n) is 19.1. The van der Waals surface area contributed by atoms with Gasteiger partial charge in [0.1, 0.15) is 5.75 Å². The van der Waals surface area contributed by atoms with Crippen molar-refractivity contribution in [3.8, 4) is 5.75 Å². The Labute approximate surface area is 207 Å². The molecule has 1 heterocycles. The molecule has 3 rings (SSSR count). The normalized spacial score (nSPS) is 24.0. The van der Waals surface area contributed by atoms with Gasteiger partial charge in [-0.25, -0.2) is 8.78 Å². The third-order valence-corrected chi connectivity index (χ3v) is 6.19. The van der Waals surface area contributed by atoms with Crippen LogP contribution in [0.25, 0.3) is 0 Å². The largest absolute Gasteiger partial charge is 0.573 e. The highest BCUT2D eigenvalue weighted by Gasteiger charge is 2.57. The first-order valence-electron chi connectivity index (χ1n) is 10.5. The second-order valence-corrected chi connectivity index (χ2v) is 8.61. The molecule has 2 fully saturated rings. The Morgan fingerprint density at radius 2 is 1.97 bits per heavy atom. The van der Waals surface area contributed by atoms with Crippen molar-refractivity contribution < 1.29 is 41.0 Å². The van der Waals surface area contributed by atoms with Crippen molar-refractivity contribution in [1.29, 1.82) is 0 Å². The summed E-state index contributed by atoms with van der Waals surface area (Å²) in [5.74, 6) is -4.71. The Hall–Kier alpha value is -3.06. The molecular weight excluding hydrogens is 515 g/mol. The fraction of sp³-hybridized carbons (Fsp3) is 0.455. The van der Waals surface area contributed by atoms with E-state index in [1.54, 1.807) is 0 Å². The van der Waals surface area contributed by atoms with Gasteiger partial charge in [0, 0.05) is 49.0 Å². The number of ether oxygens (including phenoxy) is 2. The molecule has 0 spiro atoms. The smallest absolute Gasteiger partial charge is 0.406 e.